The number of alkyl halides is 1. The molecule has 5 heteroatoms. The molecule has 3 nitrogen and oxygen atoms in total. The number of anilines is 2. The summed E-state index contributed by atoms with van der Waals surface area (Å²) in [5.41, 5.74) is 6.05. The summed E-state index contributed by atoms with van der Waals surface area (Å²) in [6, 6.07) is 11.2. The Balaban J connectivity index is 1.78. The van der Waals surface area contributed by atoms with Crippen LogP contribution in [0.1, 0.15) is 18.4 Å². The summed E-state index contributed by atoms with van der Waals surface area (Å²) in [6.07, 6.45) is 2.51. The Labute approximate surface area is 128 Å². The van der Waals surface area contributed by atoms with Gasteiger partial charge in [0, 0.05) is 32.1 Å². The van der Waals surface area contributed by atoms with Gasteiger partial charge >= 0.3 is 0 Å². The minimum atomic E-state index is -1.26. The minimum Gasteiger partial charge on any atom is -0.382 e. The van der Waals surface area contributed by atoms with Gasteiger partial charge in [-0.05, 0) is 11.6 Å². The fourth-order valence-corrected chi connectivity index (χ4v) is 3.05. The number of pyridine rings is 1. The molecule has 1 aliphatic heterocycles. The van der Waals surface area contributed by atoms with E-state index in [4.69, 9.17) is 17.3 Å². The molecule has 0 amide bonds. The van der Waals surface area contributed by atoms with Gasteiger partial charge in [0.05, 0.1) is 5.69 Å². The molecule has 0 radical (unpaired) electrons. The number of benzene rings is 1. The molecule has 1 aliphatic rings. The molecule has 0 aliphatic carbocycles. The van der Waals surface area contributed by atoms with Crippen molar-refractivity contribution in [3.05, 3.63) is 53.2 Å². The van der Waals surface area contributed by atoms with Gasteiger partial charge in [-0.15, -0.1) is 0 Å². The molecule has 0 saturated carbocycles. The van der Waals surface area contributed by atoms with Gasteiger partial charge in [0.1, 0.15) is 16.5 Å². The first-order valence-electron chi connectivity index (χ1n) is 6.99. The second-order valence-electron chi connectivity index (χ2n) is 5.35. The summed E-state index contributed by atoms with van der Waals surface area (Å²) in [5, 5.41) is 0.448. The van der Waals surface area contributed by atoms with Crippen LogP contribution in [-0.4, -0.2) is 18.1 Å². The molecule has 3 rings (SSSR count). The molecule has 1 aromatic carbocycles. The van der Waals surface area contributed by atoms with Crippen LogP contribution in [0.4, 0.5) is 15.9 Å². The summed E-state index contributed by atoms with van der Waals surface area (Å²) in [7, 11) is 0. The van der Waals surface area contributed by atoms with Gasteiger partial charge in [-0.3, -0.25) is 0 Å². The highest BCUT2D eigenvalue weighted by atomic mass is 35.5. The van der Waals surface area contributed by atoms with E-state index in [2.05, 4.69) is 9.88 Å². The van der Waals surface area contributed by atoms with E-state index in [1.54, 1.807) is 6.20 Å². The van der Waals surface area contributed by atoms with Gasteiger partial charge in [-0.2, -0.15) is 0 Å². The molecule has 0 atom stereocenters. The van der Waals surface area contributed by atoms with Gasteiger partial charge in [-0.1, -0.05) is 41.9 Å². The van der Waals surface area contributed by atoms with E-state index in [9.17, 15) is 0 Å². The lowest BCUT2D eigenvalue weighted by atomic mass is 9.86. The first-order valence-corrected chi connectivity index (χ1v) is 7.37. The van der Waals surface area contributed by atoms with Crippen molar-refractivity contribution in [1.29, 1.82) is 0 Å². The number of halogens is 2. The summed E-state index contributed by atoms with van der Waals surface area (Å²) in [6.45, 7) is 1.21. The predicted octanol–water partition coefficient (Wildman–Crippen LogP) is 3.78. The summed E-state index contributed by atoms with van der Waals surface area (Å²) in [4.78, 5) is 6.03. The second kappa shape index (κ2) is 5.53. The molecule has 1 saturated heterocycles. The van der Waals surface area contributed by atoms with Crippen molar-refractivity contribution in [2.45, 2.75) is 18.5 Å². The molecular weight excluding hydrogens is 289 g/mol. The van der Waals surface area contributed by atoms with Gasteiger partial charge in [0.2, 0.25) is 0 Å². The van der Waals surface area contributed by atoms with E-state index in [0.717, 1.165) is 11.3 Å². The fourth-order valence-electron chi connectivity index (χ4n) is 2.82. The largest absolute Gasteiger partial charge is 0.382 e. The zero-order valence-electron chi connectivity index (χ0n) is 11.6. The van der Waals surface area contributed by atoms with Crippen LogP contribution in [0.5, 0.6) is 0 Å². The number of nitrogen functional groups attached to an aromatic ring is 1. The number of hydrogen-bond acceptors (Lipinski definition) is 3. The molecule has 2 aromatic rings. The lowest BCUT2D eigenvalue weighted by Crippen LogP contribution is -2.40. The van der Waals surface area contributed by atoms with Crippen LogP contribution in [0.3, 0.4) is 0 Å². The van der Waals surface area contributed by atoms with Crippen molar-refractivity contribution in [1.82, 2.24) is 4.98 Å². The zero-order valence-corrected chi connectivity index (χ0v) is 12.4. The average Bonchev–Trinajstić information content (AvgIpc) is 2.52. The third-order valence-corrected chi connectivity index (χ3v) is 4.47. The predicted molar refractivity (Wildman–Crippen MR) is 84.3 cm³/mol. The minimum absolute atomic E-state index is 0.314. The van der Waals surface area contributed by atoms with Gasteiger partial charge in [0.25, 0.3) is 0 Å². The van der Waals surface area contributed by atoms with Crippen LogP contribution in [-0.2, 0) is 5.67 Å². The maximum Gasteiger partial charge on any atom is 0.144 e. The highest BCUT2D eigenvalue weighted by Gasteiger charge is 2.36. The third-order valence-electron chi connectivity index (χ3n) is 4.08. The van der Waals surface area contributed by atoms with Crippen molar-refractivity contribution in [3.8, 4) is 0 Å². The smallest absolute Gasteiger partial charge is 0.144 e. The number of nitrogens with zero attached hydrogens (tertiary/aromatic N) is 2. The molecule has 1 aromatic heterocycles. The topological polar surface area (TPSA) is 42.1 Å². The van der Waals surface area contributed by atoms with Crippen LogP contribution >= 0.6 is 11.6 Å². The number of hydrogen-bond donors (Lipinski definition) is 1. The van der Waals surface area contributed by atoms with Gasteiger partial charge in [-0.25, -0.2) is 9.37 Å². The average molecular weight is 306 g/mol. The summed E-state index contributed by atoms with van der Waals surface area (Å²) >= 11 is 6.19. The number of nitrogens with two attached hydrogens (primary N) is 1. The number of rotatable bonds is 2. The van der Waals surface area contributed by atoms with Crippen LogP contribution < -0.4 is 10.6 Å². The fraction of sp³-hybridized carbons (Fsp3) is 0.312. The molecule has 110 valence electrons. The van der Waals surface area contributed by atoms with E-state index < -0.39 is 5.67 Å². The molecule has 2 heterocycles. The Morgan fingerprint density at radius 1 is 1.14 bits per heavy atom. The number of aromatic nitrogens is 1. The Bertz CT molecular complexity index is 625. The monoisotopic (exact) mass is 305 g/mol. The van der Waals surface area contributed by atoms with Gasteiger partial charge < -0.3 is 10.6 Å². The highest BCUT2D eigenvalue weighted by molar-refractivity contribution is 6.35. The Kier molecular flexibility index (Phi) is 3.72. The van der Waals surface area contributed by atoms with E-state index >= 15 is 4.39 Å². The van der Waals surface area contributed by atoms with Crippen molar-refractivity contribution in [2.75, 3.05) is 23.7 Å². The molecule has 21 heavy (non-hydrogen) atoms. The maximum atomic E-state index is 15.1. The summed E-state index contributed by atoms with van der Waals surface area (Å²) in [5.74, 6) is 0.314. The van der Waals surface area contributed by atoms with Crippen molar-refractivity contribution in [2.24, 2.45) is 0 Å². The normalized spacial score (nSPS) is 17.7. The van der Waals surface area contributed by atoms with E-state index in [0.29, 0.717) is 36.8 Å². The Morgan fingerprint density at radius 2 is 1.81 bits per heavy atom. The highest BCUT2D eigenvalue weighted by Crippen LogP contribution is 2.39. The van der Waals surface area contributed by atoms with E-state index in [1.165, 1.54) is 0 Å². The first-order chi connectivity index (χ1) is 10.1. The lowest BCUT2D eigenvalue weighted by Gasteiger charge is -2.38. The maximum absolute atomic E-state index is 15.1. The van der Waals surface area contributed by atoms with Crippen LogP contribution in [0, 0.1) is 0 Å². The molecule has 0 spiro atoms. The molecule has 2 N–H and O–H groups in total. The van der Waals surface area contributed by atoms with Crippen molar-refractivity contribution >= 4 is 23.1 Å². The van der Waals surface area contributed by atoms with Crippen LogP contribution in [0.2, 0.25) is 5.02 Å². The standard InChI is InChI=1S/C16H17ClFN3/c17-14-13(6-9-20-15(14)19)21-10-7-16(18,8-11-21)12-4-2-1-3-5-12/h1-6,9H,7-8,10-11H2,(H2,19,20). The molecule has 0 bridgehead atoms. The van der Waals surface area contributed by atoms with Crippen LogP contribution in [0.25, 0.3) is 0 Å². The molecule has 1 fully saturated rings. The van der Waals surface area contributed by atoms with Crippen molar-refractivity contribution in [3.63, 3.8) is 0 Å². The molecule has 0 unspecified atom stereocenters. The lowest BCUT2D eigenvalue weighted by molar-refractivity contribution is 0.125. The Hall–Kier alpha value is -1.81. The summed E-state index contributed by atoms with van der Waals surface area (Å²) < 4.78 is 15.1. The first kappa shape index (κ1) is 14.1. The number of piperidine rings is 1. The quantitative estimate of drug-likeness (QED) is 0.918. The van der Waals surface area contributed by atoms with Gasteiger partial charge in [0.15, 0.2) is 0 Å². The second-order valence-corrected chi connectivity index (χ2v) is 5.73. The van der Waals surface area contributed by atoms with E-state index in [1.807, 2.05) is 36.4 Å². The van der Waals surface area contributed by atoms with Crippen LogP contribution in [0.15, 0.2) is 42.6 Å². The van der Waals surface area contributed by atoms with Crippen molar-refractivity contribution < 1.29 is 4.39 Å². The third kappa shape index (κ3) is 2.68. The SMILES string of the molecule is Nc1nccc(N2CCC(F)(c3ccccc3)CC2)c1Cl. The molecular formula is C16H17ClFN3. The Morgan fingerprint density at radius 3 is 2.48 bits per heavy atom. The van der Waals surface area contributed by atoms with E-state index in [-0.39, 0.29) is 0 Å². The zero-order chi connectivity index (χ0) is 14.9.